The summed E-state index contributed by atoms with van der Waals surface area (Å²) < 4.78 is 39.6. The summed E-state index contributed by atoms with van der Waals surface area (Å²) in [5.74, 6) is 0.431. The largest absolute Gasteiger partial charge is 0.494 e. The Hall–Kier alpha value is -3.20. The van der Waals surface area contributed by atoms with Crippen LogP contribution in [-0.2, 0) is 21.2 Å². The quantitative estimate of drug-likeness (QED) is 0.267. The minimum Gasteiger partial charge on any atom is -0.494 e. The van der Waals surface area contributed by atoms with Crippen LogP contribution in [0.5, 0.6) is 17.2 Å². The summed E-state index contributed by atoms with van der Waals surface area (Å²) in [5.41, 5.74) is 1.03. The molecule has 0 unspecified atom stereocenters. The molecule has 1 N–H and O–H groups in total. The third-order valence-electron chi connectivity index (χ3n) is 5.25. The van der Waals surface area contributed by atoms with Crippen LogP contribution in [0.1, 0.15) is 18.9 Å². The number of aryl methyl sites for hydroxylation is 1. The Labute approximate surface area is 212 Å². The van der Waals surface area contributed by atoms with E-state index < -0.39 is 16.0 Å². The number of aromatic nitrogens is 1. The molecule has 0 saturated heterocycles. The average molecular weight is 534 g/mol. The van der Waals surface area contributed by atoms with Gasteiger partial charge in [-0.1, -0.05) is 23.2 Å². The number of nitrogens with zero attached hydrogens (tertiary/aromatic N) is 1. The van der Waals surface area contributed by atoms with Crippen molar-refractivity contribution in [3.05, 3.63) is 82.5 Å². The molecule has 0 saturated carbocycles. The molecule has 7 nitrogen and oxygen atoms in total. The smallest absolute Gasteiger partial charge is 0.303 e. The van der Waals surface area contributed by atoms with Gasteiger partial charge in [-0.15, -0.1) is 0 Å². The van der Waals surface area contributed by atoms with Gasteiger partial charge in [-0.05, 0) is 67.4 Å². The van der Waals surface area contributed by atoms with Gasteiger partial charge in [0.1, 0.15) is 17.2 Å². The van der Waals surface area contributed by atoms with Crippen LogP contribution in [0, 0.1) is 0 Å². The number of carboxylic acids is 1. The van der Waals surface area contributed by atoms with Gasteiger partial charge in [0, 0.05) is 30.1 Å². The summed E-state index contributed by atoms with van der Waals surface area (Å²) in [4.78, 5) is 11.1. The zero-order valence-corrected chi connectivity index (χ0v) is 20.9. The van der Waals surface area contributed by atoms with E-state index in [-0.39, 0.29) is 17.7 Å². The van der Waals surface area contributed by atoms with Gasteiger partial charge in [0.2, 0.25) is 0 Å². The molecule has 0 aliphatic carbocycles. The lowest BCUT2D eigenvalue weighted by Crippen LogP contribution is -2.12. The lowest BCUT2D eigenvalue weighted by atomic mass is 10.1. The predicted octanol–water partition coefficient (Wildman–Crippen LogP) is 6.39. The Bertz CT molecular complexity index is 1500. The molecule has 182 valence electrons. The third kappa shape index (κ3) is 5.40. The molecule has 0 radical (unpaired) electrons. The molecule has 4 rings (SSSR count). The number of hydrogen-bond acceptors (Lipinski definition) is 5. The fraction of sp³-hybridized carbons (Fsp3) is 0.160. The zero-order chi connectivity index (χ0) is 25.2. The second-order valence-electron chi connectivity index (χ2n) is 7.61. The molecule has 0 bridgehead atoms. The normalized spacial score (nSPS) is 11.5. The van der Waals surface area contributed by atoms with Crippen molar-refractivity contribution in [3.8, 4) is 17.2 Å². The topological polar surface area (TPSA) is 94.8 Å². The fourth-order valence-electron chi connectivity index (χ4n) is 3.61. The molecule has 0 aliphatic heterocycles. The molecule has 4 aromatic rings. The van der Waals surface area contributed by atoms with Gasteiger partial charge in [0.15, 0.2) is 0 Å². The minimum absolute atomic E-state index is 0.0440. The maximum atomic E-state index is 13.6. The number of benzene rings is 3. The Morgan fingerprint density at radius 2 is 1.63 bits per heavy atom. The van der Waals surface area contributed by atoms with Gasteiger partial charge in [-0.2, -0.15) is 0 Å². The van der Waals surface area contributed by atoms with Gasteiger partial charge in [-0.25, -0.2) is 12.4 Å². The van der Waals surface area contributed by atoms with Crippen molar-refractivity contribution >= 4 is 50.1 Å². The highest BCUT2D eigenvalue weighted by atomic mass is 35.5. The van der Waals surface area contributed by atoms with Crippen LogP contribution in [0.25, 0.3) is 10.9 Å². The summed E-state index contributed by atoms with van der Waals surface area (Å²) in [6.45, 7) is 2.25. The van der Waals surface area contributed by atoms with Crippen molar-refractivity contribution in [1.29, 1.82) is 0 Å². The summed E-state index contributed by atoms with van der Waals surface area (Å²) in [7, 11) is -4.00. The number of carbonyl (C=O) groups is 1. The number of fused-ring (bicyclic) bond motifs is 1. The van der Waals surface area contributed by atoms with Crippen molar-refractivity contribution in [3.63, 3.8) is 0 Å². The maximum Gasteiger partial charge on any atom is 0.303 e. The van der Waals surface area contributed by atoms with Crippen LogP contribution in [0.4, 0.5) is 0 Å². The van der Waals surface area contributed by atoms with Crippen LogP contribution in [0.2, 0.25) is 10.0 Å². The molecule has 0 spiro atoms. The molecular weight excluding hydrogens is 513 g/mol. The Morgan fingerprint density at radius 3 is 2.29 bits per heavy atom. The Balaban J connectivity index is 1.70. The van der Waals surface area contributed by atoms with Crippen molar-refractivity contribution in [2.45, 2.75) is 24.7 Å². The molecule has 1 aromatic heterocycles. The molecule has 0 amide bonds. The summed E-state index contributed by atoms with van der Waals surface area (Å²) in [6.07, 6.45) is 1.55. The first-order valence-corrected chi connectivity index (χ1v) is 12.9. The lowest BCUT2D eigenvalue weighted by molar-refractivity contribution is -0.136. The van der Waals surface area contributed by atoms with Crippen molar-refractivity contribution in [1.82, 2.24) is 3.97 Å². The number of rotatable bonds is 9. The van der Waals surface area contributed by atoms with Gasteiger partial charge in [-0.3, -0.25) is 4.79 Å². The second-order valence-corrected chi connectivity index (χ2v) is 10.2. The number of halogens is 2. The van der Waals surface area contributed by atoms with E-state index in [1.54, 1.807) is 36.4 Å². The van der Waals surface area contributed by atoms with E-state index in [1.807, 2.05) is 6.92 Å². The SMILES string of the molecule is CCOc1ccc2c(CCC(=O)O)cn(S(=O)(=O)c3ccc(Oc4ccc(Cl)c(Cl)c4)cc3)c2c1. The first-order chi connectivity index (χ1) is 16.7. The molecule has 3 aromatic carbocycles. The number of hydrogen-bond donors (Lipinski definition) is 1. The Morgan fingerprint density at radius 1 is 0.943 bits per heavy atom. The highest BCUT2D eigenvalue weighted by Gasteiger charge is 2.22. The van der Waals surface area contributed by atoms with Crippen molar-refractivity contribution in [2.24, 2.45) is 0 Å². The predicted molar refractivity (Wildman–Crippen MR) is 135 cm³/mol. The van der Waals surface area contributed by atoms with Gasteiger partial charge >= 0.3 is 5.97 Å². The first kappa shape index (κ1) is 24.9. The molecular formula is C25H21Cl2NO6S. The van der Waals surface area contributed by atoms with Gasteiger partial charge in [0.25, 0.3) is 10.0 Å². The summed E-state index contributed by atoms with van der Waals surface area (Å²) in [6, 6.07) is 15.9. The molecule has 0 aliphatic rings. The van der Waals surface area contributed by atoms with E-state index in [0.29, 0.717) is 50.4 Å². The molecule has 1 heterocycles. The first-order valence-electron chi connectivity index (χ1n) is 10.7. The fourth-order valence-corrected chi connectivity index (χ4v) is 5.28. The summed E-state index contributed by atoms with van der Waals surface area (Å²) >= 11 is 11.9. The summed E-state index contributed by atoms with van der Waals surface area (Å²) in [5, 5.41) is 10.5. The molecule has 0 atom stereocenters. The van der Waals surface area contributed by atoms with Crippen LogP contribution >= 0.6 is 23.2 Å². The van der Waals surface area contributed by atoms with E-state index in [4.69, 9.17) is 37.8 Å². The second kappa shape index (κ2) is 10.2. The maximum absolute atomic E-state index is 13.6. The van der Waals surface area contributed by atoms with E-state index in [9.17, 15) is 13.2 Å². The van der Waals surface area contributed by atoms with Crippen molar-refractivity contribution in [2.75, 3.05) is 6.61 Å². The minimum atomic E-state index is -4.00. The number of aliphatic carboxylic acids is 1. The zero-order valence-electron chi connectivity index (χ0n) is 18.6. The molecule has 35 heavy (non-hydrogen) atoms. The van der Waals surface area contributed by atoms with E-state index in [2.05, 4.69) is 0 Å². The molecule has 0 fully saturated rings. The number of ether oxygens (including phenoxy) is 2. The Kier molecular flexibility index (Phi) is 7.25. The average Bonchev–Trinajstić information content (AvgIpc) is 3.19. The van der Waals surface area contributed by atoms with Crippen LogP contribution in [-0.4, -0.2) is 30.1 Å². The van der Waals surface area contributed by atoms with Gasteiger partial charge in [0.05, 0.1) is 27.1 Å². The van der Waals surface area contributed by atoms with Crippen LogP contribution in [0.15, 0.2) is 71.8 Å². The van der Waals surface area contributed by atoms with E-state index in [1.165, 1.54) is 30.5 Å². The highest BCUT2D eigenvalue weighted by Crippen LogP contribution is 2.32. The van der Waals surface area contributed by atoms with Crippen LogP contribution < -0.4 is 9.47 Å². The van der Waals surface area contributed by atoms with Crippen molar-refractivity contribution < 1.29 is 27.8 Å². The van der Waals surface area contributed by atoms with Gasteiger partial charge < -0.3 is 14.6 Å². The molecule has 10 heteroatoms. The van der Waals surface area contributed by atoms with E-state index >= 15 is 0 Å². The number of carboxylic acid groups (broad SMARTS) is 1. The standard InChI is InChI=1S/C25H21Cl2NO6S/c1-2-33-18-6-10-21-16(3-12-25(29)30)15-28(24(21)14-18)35(31,32)20-8-4-17(5-9-20)34-19-7-11-22(26)23(27)13-19/h4-11,13-15H,2-3,12H2,1H3,(H,29,30). The third-order valence-corrected chi connectivity index (χ3v) is 7.68. The lowest BCUT2D eigenvalue weighted by Gasteiger charge is -2.10. The van der Waals surface area contributed by atoms with Crippen LogP contribution in [0.3, 0.4) is 0 Å². The van der Waals surface area contributed by atoms with E-state index in [0.717, 1.165) is 3.97 Å². The highest BCUT2D eigenvalue weighted by molar-refractivity contribution is 7.90. The monoisotopic (exact) mass is 533 g/mol.